The number of nitrogens with one attached hydrogen (secondary N) is 1. The second-order valence-corrected chi connectivity index (χ2v) is 5.00. The predicted molar refractivity (Wildman–Crippen MR) is 82.7 cm³/mol. The van der Waals surface area contributed by atoms with Gasteiger partial charge in [0.2, 0.25) is 5.91 Å². The van der Waals surface area contributed by atoms with E-state index in [0.29, 0.717) is 0 Å². The summed E-state index contributed by atoms with van der Waals surface area (Å²) >= 11 is 0. The lowest BCUT2D eigenvalue weighted by atomic mass is 10.2. The monoisotopic (exact) mass is 278 g/mol. The fourth-order valence-corrected chi connectivity index (χ4v) is 2.15. The van der Waals surface area contributed by atoms with E-state index in [1.54, 1.807) is 0 Å². The van der Waals surface area contributed by atoms with E-state index in [9.17, 15) is 4.79 Å². The third kappa shape index (κ3) is 5.72. The first kappa shape index (κ1) is 16.7. The Morgan fingerprint density at radius 3 is 2.55 bits per heavy atom. The molecule has 0 bridgehead atoms. The van der Waals surface area contributed by atoms with Crippen LogP contribution in [0.1, 0.15) is 33.1 Å². The van der Waals surface area contributed by atoms with Gasteiger partial charge in [-0.2, -0.15) is 0 Å². The Labute approximate surface area is 121 Å². The number of nitrogens with zero attached hydrogens (tertiary/aromatic N) is 1. The average Bonchev–Trinajstić information content (AvgIpc) is 2.47. The molecule has 0 fully saturated rings. The Balaban J connectivity index is 2.54. The number of aliphatic hydroxyl groups excluding tert-OH is 1. The van der Waals surface area contributed by atoms with Crippen molar-refractivity contribution in [2.24, 2.45) is 0 Å². The van der Waals surface area contributed by atoms with Gasteiger partial charge in [0.25, 0.3) is 0 Å². The summed E-state index contributed by atoms with van der Waals surface area (Å²) in [7, 11) is 0. The Morgan fingerprint density at radius 1 is 1.25 bits per heavy atom. The summed E-state index contributed by atoms with van der Waals surface area (Å²) < 4.78 is 0. The van der Waals surface area contributed by atoms with E-state index >= 15 is 0 Å². The van der Waals surface area contributed by atoms with Crippen molar-refractivity contribution in [2.75, 3.05) is 25.0 Å². The molecule has 0 saturated heterocycles. The summed E-state index contributed by atoms with van der Waals surface area (Å²) in [6.07, 6.45) is 2.72. The van der Waals surface area contributed by atoms with Gasteiger partial charge in [0.05, 0.1) is 6.04 Å². The summed E-state index contributed by atoms with van der Waals surface area (Å²) in [4.78, 5) is 14.4. The highest BCUT2D eigenvalue weighted by molar-refractivity contribution is 5.94. The number of carbonyl (C=O) groups excluding carboxylic acids is 1. The van der Waals surface area contributed by atoms with Crippen LogP contribution in [0.4, 0.5) is 5.69 Å². The van der Waals surface area contributed by atoms with Gasteiger partial charge < -0.3 is 10.4 Å². The van der Waals surface area contributed by atoms with E-state index in [0.717, 1.165) is 38.0 Å². The summed E-state index contributed by atoms with van der Waals surface area (Å²) in [5.41, 5.74) is 0.830. The Morgan fingerprint density at radius 2 is 1.95 bits per heavy atom. The van der Waals surface area contributed by atoms with E-state index in [1.807, 2.05) is 37.3 Å². The number of amides is 1. The van der Waals surface area contributed by atoms with E-state index < -0.39 is 0 Å². The van der Waals surface area contributed by atoms with Crippen LogP contribution in [0.25, 0.3) is 0 Å². The van der Waals surface area contributed by atoms with E-state index in [-0.39, 0.29) is 18.6 Å². The van der Waals surface area contributed by atoms with Gasteiger partial charge in [-0.3, -0.25) is 9.69 Å². The SMILES string of the molecule is CCCN(CCCCO)C(C)C(=O)Nc1ccccc1. The molecular formula is C16H26N2O2. The number of benzene rings is 1. The van der Waals surface area contributed by atoms with Crippen molar-refractivity contribution in [1.82, 2.24) is 4.90 Å². The molecule has 20 heavy (non-hydrogen) atoms. The molecule has 0 saturated carbocycles. The minimum absolute atomic E-state index is 0.0219. The van der Waals surface area contributed by atoms with Gasteiger partial charge >= 0.3 is 0 Å². The highest BCUT2D eigenvalue weighted by Gasteiger charge is 2.20. The molecule has 4 heteroatoms. The fourth-order valence-electron chi connectivity index (χ4n) is 2.15. The third-order valence-electron chi connectivity index (χ3n) is 3.33. The van der Waals surface area contributed by atoms with Crippen LogP contribution >= 0.6 is 0 Å². The smallest absolute Gasteiger partial charge is 0.241 e. The maximum Gasteiger partial charge on any atom is 0.241 e. The summed E-state index contributed by atoms with van der Waals surface area (Å²) in [5.74, 6) is 0.0219. The fraction of sp³-hybridized carbons (Fsp3) is 0.562. The van der Waals surface area contributed by atoms with Crippen LogP contribution in [0.3, 0.4) is 0 Å². The first-order chi connectivity index (χ1) is 9.69. The molecule has 1 rings (SSSR count). The van der Waals surface area contributed by atoms with Gasteiger partial charge in [-0.25, -0.2) is 0 Å². The minimum atomic E-state index is -0.158. The van der Waals surface area contributed by atoms with Gasteiger partial charge in [0.1, 0.15) is 0 Å². The molecule has 0 spiro atoms. The summed E-state index contributed by atoms with van der Waals surface area (Å²) in [6, 6.07) is 9.36. The summed E-state index contributed by atoms with van der Waals surface area (Å²) in [5, 5.41) is 11.8. The number of hydrogen-bond acceptors (Lipinski definition) is 3. The van der Waals surface area contributed by atoms with Gasteiger partial charge in [-0.15, -0.1) is 0 Å². The predicted octanol–water partition coefficient (Wildman–Crippen LogP) is 2.50. The number of unbranched alkanes of at least 4 members (excludes halogenated alkanes) is 1. The van der Waals surface area contributed by atoms with Gasteiger partial charge in [-0.1, -0.05) is 25.1 Å². The Hall–Kier alpha value is -1.39. The molecule has 1 aromatic carbocycles. The third-order valence-corrected chi connectivity index (χ3v) is 3.33. The van der Waals surface area contributed by atoms with E-state index in [1.165, 1.54) is 0 Å². The molecule has 1 amide bonds. The van der Waals surface area contributed by atoms with Gasteiger partial charge in [-0.05, 0) is 51.4 Å². The zero-order valence-corrected chi connectivity index (χ0v) is 12.5. The van der Waals surface area contributed by atoms with Crippen LogP contribution in [0.2, 0.25) is 0 Å². The van der Waals surface area contributed by atoms with Crippen molar-refractivity contribution < 1.29 is 9.90 Å². The number of rotatable bonds is 9. The largest absolute Gasteiger partial charge is 0.396 e. The Kier molecular flexibility index (Phi) is 7.92. The normalized spacial score (nSPS) is 12.4. The van der Waals surface area contributed by atoms with Gasteiger partial charge in [0, 0.05) is 12.3 Å². The lowest BCUT2D eigenvalue weighted by molar-refractivity contribution is -0.120. The van der Waals surface area contributed by atoms with Crippen LogP contribution < -0.4 is 5.32 Å². The molecule has 4 nitrogen and oxygen atoms in total. The molecule has 1 aromatic rings. The lowest BCUT2D eigenvalue weighted by Crippen LogP contribution is -2.43. The molecule has 0 heterocycles. The van der Waals surface area contributed by atoms with Crippen molar-refractivity contribution >= 4 is 11.6 Å². The average molecular weight is 278 g/mol. The van der Waals surface area contributed by atoms with Crippen LogP contribution in [0, 0.1) is 0 Å². The highest BCUT2D eigenvalue weighted by Crippen LogP contribution is 2.09. The second kappa shape index (κ2) is 9.50. The molecule has 1 atom stereocenters. The summed E-state index contributed by atoms with van der Waals surface area (Å²) in [6.45, 7) is 6.00. The number of carbonyl (C=O) groups is 1. The van der Waals surface area contributed by atoms with Crippen LogP contribution in [-0.4, -0.2) is 41.7 Å². The second-order valence-electron chi connectivity index (χ2n) is 5.00. The van der Waals surface area contributed by atoms with E-state index in [2.05, 4.69) is 17.1 Å². The van der Waals surface area contributed by atoms with Crippen molar-refractivity contribution in [3.8, 4) is 0 Å². The van der Waals surface area contributed by atoms with Crippen LogP contribution in [0.15, 0.2) is 30.3 Å². The number of hydrogen-bond donors (Lipinski definition) is 2. The zero-order chi connectivity index (χ0) is 14.8. The first-order valence-electron chi connectivity index (χ1n) is 7.39. The van der Waals surface area contributed by atoms with Crippen molar-refractivity contribution in [2.45, 2.75) is 39.2 Å². The maximum atomic E-state index is 12.3. The van der Waals surface area contributed by atoms with Gasteiger partial charge in [0.15, 0.2) is 0 Å². The maximum absolute atomic E-state index is 12.3. The van der Waals surface area contributed by atoms with Crippen LogP contribution in [-0.2, 0) is 4.79 Å². The molecule has 1 unspecified atom stereocenters. The number of aliphatic hydroxyl groups is 1. The number of para-hydroxylation sites is 1. The molecule has 0 radical (unpaired) electrons. The Bertz CT molecular complexity index is 381. The lowest BCUT2D eigenvalue weighted by Gasteiger charge is -2.27. The van der Waals surface area contributed by atoms with Crippen molar-refractivity contribution in [3.05, 3.63) is 30.3 Å². The van der Waals surface area contributed by atoms with E-state index in [4.69, 9.17) is 5.11 Å². The minimum Gasteiger partial charge on any atom is -0.396 e. The number of anilines is 1. The zero-order valence-electron chi connectivity index (χ0n) is 12.5. The highest BCUT2D eigenvalue weighted by atomic mass is 16.2. The molecule has 0 aromatic heterocycles. The molecule has 112 valence electrons. The van der Waals surface area contributed by atoms with Crippen molar-refractivity contribution in [3.63, 3.8) is 0 Å². The molecule has 2 N–H and O–H groups in total. The molecular weight excluding hydrogens is 252 g/mol. The van der Waals surface area contributed by atoms with Crippen LogP contribution in [0.5, 0.6) is 0 Å². The molecule has 0 aliphatic carbocycles. The standard InChI is InChI=1S/C16H26N2O2/c1-3-11-18(12-7-8-13-19)14(2)16(20)17-15-9-5-4-6-10-15/h4-6,9-10,14,19H,3,7-8,11-13H2,1-2H3,(H,17,20). The van der Waals surface area contributed by atoms with Crippen molar-refractivity contribution in [1.29, 1.82) is 0 Å². The quantitative estimate of drug-likeness (QED) is 0.682. The molecule has 0 aliphatic rings. The molecule has 0 aliphatic heterocycles. The first-order valence-corrected chi connectivity index (χ1v) is 7.39. The topological polar surface area (TPSA) is 52.6 Å².